The molecule has 0 aromatic carbocycles. The maximum absolute atomic E-state index is 10.6. The van der Waals surface area contributed by atoms with E-state index in [4.69, 9.17) is 14.9 Å². The summed E-state index contributed by atoms with van der Waals surface area (Å²) >= 11 is 0. The Balaban J connectivity index is -0.000000306. The number of allylic oxidation sites excluding steroid dienone is 25. The van der Waals surface area contributed by atoms with Gasteiger partial charge in [-0.1, -0.05) is 170 Å². The Labute approximate surface area is 513 Å². The van der Waals surface area contributed by atoms with Crippen LogP contribution in [0.1, 0.15) is 267 Å². The van der Waals surface area contributed by atoms with Crippen LogP contribution in [0.2, 0.25) is 0 Å². The van der Waals surface area contributed by atoms with Crippen LogP contribution in [0.4, 0.5) is 0 Å². The fourth-order valence-electron chi connectivity index (χ4n) is 7.35. The van der Waals surface area contributed by atoms with E-state index < -0.39 is 11.6 Å². The molecule has 0 amide bonds. The van der Waals surface area contributed by atoms with Crippen molar-refractivity contribution in [3.63, 3.8) is 0 Å². The van der Waals surface area contributed by atoms with Crippen LogP contribution >= 0.6 is 0 Å². The Hall–Kier alpha value is -5.30. The molecule has 0 heterocycles. The Morgan fingerprint density at radius 3 is 0.928 bits per heavy atom. The molecule has 0 aromatic rings. The largest absolute Gasteiger partial charge is 0.478 e. The number of hydrogen-bond donors (Lipinski definition) is 3. The van der Waals surface area contributed by atoms with E-state index in [-0.39, 0.29) is 12.6 Å². The number of esters is 1. The van der Waals surface area contributed by atoms with E-state index >= 15 is 0 Å². The first-order valence-corrected chi connectivity index (χ1v) is 30.9. The highest BCUT2D eigenvalue weighted by Crippen LogP contribution is 2.17. The topological polar surface area (TPSA) is 104 Å². The second-order valence-electron chi connectivity index (χ2n) is 23.9. The van der Waals surface area contributed by atoms with Crippen molar-refractivity contribution < 1.29 is 29.6 Å². The van der Waals surface area contributed by atoms with E-state index in [1.54, 1.807) is 13.0 Å². The summed E-state index contributed by atoms with van der Waals surface area (Å²) in [6.07, 6.45) is 52.4. The number of carbonyl (C=O) groups is 2. The second-order valence-corrected chi connectivity index (χ2v) is 23.9. The van der Waals surface area contributed by atoms with Gasteiger partial charge in [-0.15, -0.1) is 6.58 Å². The standard InChI is InChI=1S/C17H28O2.C15H24O2.2C15H26O.C15H24/c1-14(2)8-6-9-15(3)10-7-11-16(4)12-13-19-17(5)18;1-12(2)7-5-8-13(3)9-6-10-14(4)11-15(16)17;1-13(2)7-5-8-14(3)9-6-10-15(4)11-12-16;1-6-15(5,16)12-8-11-14(4)10-7-9-13(2)3;1-6-14(4)10-8-12-15(5)11-7-9-13(2)3/h8,10,12H,6-7,9,11,13H2,1-5H3;7,9,11H,5-6,8,10H2,1-4H3,(H,16,17);7,9,11,16H,5-6,8,10,12H2,1-4H3;6,9,11,16H,1,7-8,10,12H2,2-5H3;6,9,12H,1,4,7-8,10-11H2,2-3,5H3/b15-10+,16-12+;13-9+,14-11+;14-9+,15-11+;14-11+;15-12+. The third kappa shape index (κ3) is 78.8. The van der Waals surface area contributed by atoms with Gasteiger partial charge in [-0.2, -0.15) is 0 Å². The highest BCUT2D eigenvalue weighted by atomic mass is 16.5. The van der Waals surface area contributed by atoms with Gasteiger partial charge in [0.25, 0.3) is 0 Å². The molecule has 1 atom stereocenters. The number of aliphatic carboxylic acids is 1. The van der Waals surface area contributed by atoms with Gasteiger partial charge in [0.05, 0.1) is 12.2 Å². The minimum Gasteiger partial charge on any atom is -0.478 e. The van der Waals surface area contributed by atoms with Gasteiger partial charge in [0.2, 0.25) is 0 Å². The van der Waals surface area contributed by atoms with Gasteiger partial charge in [-0.25, -0.2) is 4.79 Å². The van der Waals surface area contributed by atoms with Crippen LogP contribution in [-0.2, 0) is 14.3 Å². The molecule has 0 fully saturated rings. The maximum atomic E-state index is 10.6. The van der Waals surface area contributed by atoms with E-state index in [9.17, 15) is 14.7 Å². The molecule has 6 heteroatoms. The molecule has 0 radical (unpaired) electrons. The number of aliphatic hydroxyl groups excluding tert-OH is 1. The molecular weight excluding hydrogens is 1020 g/mol. The lowest BCUT2D eigenvalue weighted by Crippen LogP contribution is -2.19. The third-order valence-corrected chi connectivity index (χ3v) is 12.9. The maximum Gasteiger partial charge on any atom is 0.328 e. The summed E-state index contributed by atoms with van der Waals surface area (Å²) in [7, 11) is 0. The number of ether oxygens (including phenoxy) is 1. The highest BCUT2D eigenvalue weighted by Gasteiger charge is 2.13. The fourth-order valence-corrected chi connectivity index (χ4v) is 7.35. The molecule has 0 spiro atoms. The van der Waals surface area contributed by atoms with Crippen molar-refractivity contribution in [3.8, 4) is 0 Å². The molecule has 0 bridgehead atoms. The molecule has 3 N–H and O–H groups in total. The van der Waals surface area contributed by atoms with Gasteiger partial charge >= 0.3 is 11.9 Å². The fraction of sp³-hybridized carbons (Fsp3) is 0.558. The van der Waals surface area contributed by atoms with Crippen LogP contribution in [0.3, 0.4) is 0 Å². The average molecular weight is 1150 g/mol. The summed E-state index contributed by atoms with van der Waals surface area (Å²) in [5.41, 5.74) is 18.0. The second kappa shape index (κ2) is 58.5. The molecular formula is C77H128O6. The lowest BCUT2D eigenvalue weighted by Gasteiger charge is -2.16. The summed E-state index contributed by atoms with van der Waals surface area (Å²) in [4.78, 5) is 21.0. The van der Waals surface area contributed by atoms with Crippen molar-refractivity contribution in [1.29, 1.82) is 0 Å². The van der Waals surface area contributed by atoms with Crippen molar-refractivity contribution in [3.05, 3.63) is 189 Å². The zero-order chi connectivity index (χ0) is 64.6. The van der Waals surface area contributed by atoms with Gasteiger partial charge in [0, 0.05) is 13.0 Å². The normalized spacial score (nSPS) is 12.8. The van der Waals surface area contributed by atoms with Crippen molar-refractivity contribution in [2.75, 3.05) is 13.2 Å². The molecule has 0 aliphatic heterocycles. The molecule has 6 nitrogen and oxygen atoms in total. The first kappa shape index (κ1) is 86.5. The van der Waals surface area contributed by atoms with Crippen LogP contribution in [0.5, 0.6) is 0 Å². The predicted molar refractivity (Wildman–Crippen MR) is 371 cm³/mol. The van der Waals surface area contributed by atoms with Gasteiger partial charge in [0.15, 0.2) is 0 Å². The molecule has 83 heavy (non-hydrogen) atoms. The van der Waals surface area contributed by atoms with Crippen LogP contribution in [0, 0.1) is 0 Å². The van der Waals surface area contributed by atoms with Crippen LogP contribution in [0.25, 0.3) is 0 Å². The van der Waals surface area contributed by atoms with Gasteiger partial charge < -0.3 is 20.1 Å². The number of rotatable bonds is 36. The minimum atomic E-state index is -0.855. The zero-order valence-electron chi connectivity index (χ0n) is 57.4. The molecule has 0 aliphatic carbocycles. The molecule has 0 saturated carbocycles. The summed E-state index contributed by atoms with van der Waals surface area (Å²) in [5.74, 6) is -1.08. The Morgan fingerprint density at radius 1 is 0.398 bits per heavy atom. The Morgan fingerprint density at radius 2 is 0.663 bits per heavy atom. The third-order valence-electron chi connectivity index (χ3n) is 12.9. The number of aliphatic hydroxyl groups is 2. The lowest BCUT2D eigenvalue weighted by atomic mass is 9.99. The predicted octanol–water partition coefficient (Wildman–Crippen LogP) is 23.5. The van der Waals surface area contributed by atoms with Gasteiger partial charge in [-0.3, -0.25) is 4.79 Å². The van der Waals surface area contributed by atoms with Crippen molar-refractivity contribution in [2.45, 2.75) is 272 Å². The van der Waals surface area contributed by atoms with Crippen LogP contribution in [0.15, 0.2) is 189 Å². The molecule has 0 rings (SSSR count). The van der Waals surface area contributed by atoms with Crippen LogP contribution in [-0.4, -0.2) is 46.1 Å². The molecule has 0 saturated heterocycles. The minimum absolute atomic E-state index is 0.162. The molecule has 0 aromatic heterocycles. The van der Waals surface area contributed by atoms with E-state index in [0.717, 1.165) is 133 Å². The van der Waals surface area contributed by atoms with Crippen molar-refractivity contribution in [1.82, 2.24) is 0 Å². The van der Waals surface area contributed by atoms with E-state index in [1.807, 2.05) is 25.2 Å². The van der Waals surface area contributed by atoms with E-state index in [2.05, 4.69) is 198 Å². The first-order valence-electron chi connectivity index (χ1n) is 30.9. The number of hydrogen-bond acceptors (Lipinski definition) is 5. The molecule has 1 unspecified atom stereocenters. The van der Waals surface area contributed by atoms with Crippen molar-refractivity contribution >= 4 is 11.9 Å². The zero-order valence-corrected chi connectivity index (χ0v) is 57.4. The lowest BCUT2D eigenvalue weighted by molar-refractivity contribution is -0.139. The highest BCUT2D eigenvalue weighted by molar-refractivity contribution is 5.80. The van der Waals surface area contributed by atoms with Gasteiger partial charge in [-0.05, 0) is 266 Å². The number of carbonyl (C=O) groups excluding carboxylic acids is 1. The SMILES string of the molecule is C=CC(=C)CC/C=C(\C)CCC=C(C)C.C=CC(C)(O)CC/C=C(\C)CCC=C(C)C.CC(=O)OC/C=C(\C)CC/C=C(\C)CCC=C(C)C.CC(C)=CCC/C(C)=C/CC/C(C)=C/C(=O)O.CC(C)=CCC/C(C)=C/CC/C(C)=C/CO. The number of carboxylic acid groups (broad SMARTS) is 1. The average Bonchev–Trinajstić information content (AvgIpc) is 3.36. The monoisotopic (exact) mass is 1150 g/mol. The summed E-state index contributed by atoms with van der Waals surface area (Å²) < 4.78 is 4.88. The smallest absolute Gasteiger partial charge is 0.328 e. The number of carboxylic acids is 1. The molecule has 0 aliphatic rings. The van der Waals surface area contributed by atoms with Crippen molar-refractivity contribution in [2.24, 2.45) is 0 Å². The Kier molecular flexibility index (Phi) is 60.9. The summed E-state index contributed by atoms with van der Waals surface area (Å²) in [6, 6.07) is 0. The first-order chi connectivity index (χ1) is 38.8. The van der Waals surface area contributed by atoms with Crippen LogP contribution < -0.4 is 0 Å². The van der Waals surface area contributed by atoms with E-state index in [0.29, 0.717) is 6.61 Å². The van der Waals surface area contributed by atoms with E-state index in [1.165, 1.54) is 86.3 Å². The quantitative estimate of drug-likeness (QED) is 0.0250. The Bertz CT molecular complexity index is 2200. The molecule has 472 valence electrons. The summed E-state index contributed by atoms with van der Waals surface area (Å²) in [5, 5.41) is 27.0. The van der Waals surface area contributed by atoms with Gasteiger partial charge in [0.1, 0.15) is 6.61 Å². The summed E-state index contributed by atoms with van der Waals surface area (Å²) in [6.45, 7) is 53.2.